The molecule has 3 rings (SSSR count). The van der Waals surface area contributed by atoms with Crippen molar-refractivity contribution in [3.8, 4) is 16.9 Å². The van der Waals surface area contributed by atoms with Crippen molar-refractivity contribution in [3.63, 3.8) is 0 Å². The zero-order valence-electron chi connectivity index (χ0n) is 14.6. The van der Waals surface area contributed by atoms with E-state index in [1.807, 2.05) is 13.1 Å². The largest absolute Gasteiger partial charge is 0.496 e. The first kappa shape index (κ1) is 16.0. The second-order valence-electron chi connectivity index (χ2n) is 5.58. The Bertz CT molecular complexity index is 908. The van der Waals surface area contributed by atoms with E-state index in [-0.39, 0.29) is 0 Å². The summed E-state index contributed by atoms with van der Waals surface area (Å²) in [5, 5.41) is 7.01. The highest BCUT2D eigenvalue weighted by atomic mass is 16.5. The van der Waals surface area contributed by atoms with Gasteiger partial charge >= 0.3 is 0 Å². The van der Waals surface area contributed by atoms with Crippen LogP contribution in [0.3, 0.4) is 0 Å². The number of anilines is 2. The predicted octanol–water partition coefficient (Wildman–Crippen LogP) is 3.40. The molecule has 0 aliphatic heterocycles. The van der Waals surface area contributed by atoms with Gasteiger partial charge in [0.1, 0.15) is 11.6 Å². The monoisotopic (exact) mass is 323 g/mol. The Morgan fingerprint density at radius 1 is 1.04 bits per heavy atom. The molecular formula is C18H21N5O. The van der Waals surface area contributed by atoms with Gasteiger partial charge in [0.05, 0.1) is 7.11 Å². The van der Waals surface area contributed by atoms with Gasteiger partial charge < -0.3 is 15.4 Å². The number of hydrogen-bond acceptors (Lipinski definition) is 6. The molecule has 0 atom stereocenters. The maximum atomic E-state index is 5.48. The molecule has 0 saturated carbocycles. The molecule has 6 heteroatoms. The quantitative estimate of drug-likeness (QED) is 0.767. The molecule has 2 N–H and O–H groups in total. The smallest absolute Gasteiger partial charge is 0.224 e. The number of pyridine rings is 1. The third-order valence-electron chi connectivity index (χ3n) is 4.14. The van der Waals surface area contributed by atoms with E-state index in [4.69, 9.17) is 4.74 Å². The second kappa shape index (κ2) is 6.31. The molecule has 0 unspecified atom stereocenters. The van der Waals surface area contributed by atoms with Gasteiger partial charge in [-0.05, 0) is 42.7 Å². The summed E-state index contributed by atoms with van der Waals surface area (Å²) in [4.78, 5) is 13.4. The molecular weight excluding hydrogens is 302 g/mol. The molecule has 0 aliphatic carbocycles. The minimum Gasteiger partial charge on any atom is -0.496 e. The van der Waals surface area contributed by atoms with Gasteiger partial charge in [-0.2, -0.15) is 4.98 Å². The highest BCUT2D eigenvalue weighted by Crippen LogP contribution is 2.37. The summed E-state index contributed by atoms with van der Waals surface area (Å²) in [6.45, 7) is 4.15. The lowest BCUT2D eigenvalue weighted by molar-refractivity contribution is 0.412. The zero-order chi connectivity index (χ0) is 17.3. The lowest BCUT2D eigenvalue weighted by Crippen LogP contribution is -2.02. The molecule has 0 spiro atoms. The van der Waals surface area contributed by atoms with E-state index < -0.39 is 0 Å². The summed E-state index contributed by atoms with van der Waals surface area (Å²) < 4.78 is 5.48. The number of nitrogens with zero attached hydrogens (tertiary/aromatic N) is 3. The number of methoxy groups -OCH3 is 1. The van der Waals surface area contributed by atoms with E-state index in [1.165, 1.54) is 5.56 Å². The number of benzene rings is 1. The Kier molecular flexibility index (Phi) is 4.20. The van der Waals surface area contributed by atoms with Crippen LogP contribution in [0, 0.1) is 13.8 Å². The summed E-state index contributed by atoms with van der Waals surface area (Å²) >= 11 is 0. The summed E-state index contributed by atoms with van der Waals surface area (Å²) in [5.74, 6) is 2.20. The molecule has 1 aromatic carbocycles. The van der Waals surface area contributed by atoms with Crippen molar-refractivity contribution in [2.45, 2.75) is 13.8 Å². The number of aryl methyl sites for hydroxylation is 1. The summed E-state index contributed by atoms with van der Waals surface area (Å²) in [6.07, 6.45) is 1.79. The van der Waals surface area contributed by atoms with E-state index >= 15 is 0 Å². The normalized spacial score (nSPS) is 10.7. The van der Waals surface area contributed by atoms with Gasteiger partial charge in [0.2, 0.25) is 5.95 Å². The second-order valence-corrected chi connectivity index (χ2v) is 5.58. The molecule has 6 nitrogen and oxygen atoms in total. The van der Waals surface area contributed by atoms with E-state index in [9.17, 15) is 0 Å². The number of nitrogens with one attached hydrogen (secondary N) is 2. The first-order valence-corrected chi connectivity index (χ1v) is 7.77. The maximum Gasteiger partial charge on any atom is 0.224 e. The van der Waals surface area contributed by atoms with Crippen molar-refractivity contribution in [3.05, 3.63) is 35.5 Å². The lowest BCUT2D eigenvalue weighted by atomic mass is 9.95. The topological polar surface area (TPSA) is 72.0 Å². The first-order chi connectivity index (χ1) is 11.6. The molecule has 0 radical (unpaired) electrons. The van der Waals surface area contributed by atoms with E-state index in [0.717, 1.165) is 33.6 Å². The van der Waals surface area contributed by atoms with Gasteiger partial charge in [0.25, 0.3) is 0 Å². The maximum absolute atomic E-state index is 5.48. The van der Waals surface area contributed by atoms with Gasteiger partial charge in [-0.1, -0.05) is 6.07 Å². The van der Waals surface area contributed by atoms with Crippen LogP contribution in [0.15, 0.2) is 24.4 Å². The van der Waals surface area contributed by atoms with E-state index in [0.29, 0.717) is 11.6 Å². The summed E-state index contributed by atoms with van der Waals surface area (Å²) in [6, 6.07) is 6.12. The molecule has 0 aliphatic rings. The van der Waals surface area contributed by atoms with Crippen LogP contribution in [0.5, 0.6) is 5.75 Å². The van der Waals surface area contributed by atoms with Crippen LogP contribution < -0.4 is 15.4 Å². The summed E-state index contributed by atoms with van der Waals surface area (Å²) in [5.41, 5.74) is 5.03. The minimum atomic E-state index is 0.554. The lowest BCUT2D eigenvalue weighted by Gasteiger charge is -2.17. The van der Waals surface area contributed by atoms with Gasteiger partial charge in [-0.15, -0.1) is 0 Å². The molecule has 24 heavy (non-hydrogen) atoms. The Labute approximate surface area is 141 Å². The van der Waals surface area contributed by atoms with Gasteiger partial charge in [0.15, 0.2) is 5.65 Å². The number of aromatic nitrogens is 3. The molecule has 2 aromatic heterocycles. The zero-order valence-corrected chi connectivity index (χ0v) is 14.6. The molecule has 3 aromatic rings. The van der Waals surface area contributed by atoms with Crippen molar-refractivity contribution in [2.75, 3.05) is 31.8 Å². The van der Waals surface area contributed by atoms with Crippen LogP contribution in [0.1, 0.15) is 11.1 Å². The fourth-order valence-electron chi connectivity index (χ4n) is 2.93. The van der Waals surface area contributed by atoms with Crippen LogP contribution >= 0.6 is 0 Å². The van der Waals surface area contributed by atoms with Crippen LogP contribution in [-0.2, 0) is 0 Å². The van der Waals surface area contributed by atoms with Crippen molar-refractivity contribution in [1.29, 1.82) is 0 Å². The van der Waals surface area contributed by atoms with Crippen LogP contribution in [0.4, 0.5) is 11.8 Å². The first-order valence-electron chi connectivity index (χ1n) is 7.77. The van der Waals surface area contributed by atoms with Crippen molar-refractivity contribution >= 4 is 22.8 Å². The van der Waals surface area contributed by atoms with Crippen molar-refractivity contribution in [1.82, 2.24) is 15.0 Å². The molecule has 0 saturated heterocycles. The Hall–Kier alpha value is -2.89. The van der Waals surface area contributed by atoms with Crippen LogP contribution in [0.2, 0.25) is 0 Å². The third-order valence-corrected chi connectivity index (χ3v) is 4.14. The van der Waals surface area contributed by atoms with Crippen LogP contribution in [-0.4, -0.2) is 36.2 Å². The Morgan fingerprint density at radius 2 is 1.83 bits per heavy atom. The van der Waals surface area contributed by atoms with E-state index in [1.54, 1.807) is 20.4 Å². The predicted molar refractivity (Wildman–Crippen MR) is 97.9 cm³/mol. The molecule has 2 heterocycles. The average Bonchev–Trinajstić information content (AvgIpc) is 2.60. The van der Waals surface area contributed by atoms with E-state index in [2.05, 4.69) is 51.6 Å². The fraction of sp³-hybridized carbons (Fsp3) is 0.278. The fourth-order valence-corrected chi connectivity index (χ4v) is 2.93. The SMILES string of the molecule is CNc1ncc2cc(-c3c(C)ccc(OC)c3C)c(NC)nc2n1. The Morgan fingerprint density at radius 3 is 2.50 bits per heavy atom. The van der Waals surface area contributed by atoms with Crippen LogP contribution in [0.25, 0.3) is 22.2 Å². The number of rotatable bonds is 4. The van der Waals surface area contributed by atoms with Gasteiger partial charge in [0, 0.05) is 31.2 Å². The summed E-state index contributed by atoms with van der Waals surface area (Å²) in [7, 11) is 5.34. The third kappa shape index (κ3) is 2.60. The number of fused-ring (bicyclic) bond motifs is 1. The van der Waals surface area contributed by atoms with Crippen molar-refractivity contribution < 1.29 is 4.74 Å². The van der Waals surface area contributed by atoms with Gasteiger partial charge in [-0.25, -0.2) is 9.97 Å². The highest BCUT2D eigenvalue weighted by Gasteiger charge is 2.16. The number of ether oxygens (including phenoxy) is 1. The molecule has 0 amide bonds. The number of hydrogen-bond donors (Lipinski definition) is 2. The van der Waals surface area contributed by atoms with Gasteiger partial charge in [-0.3, -0.25) is 0 Å². The standard InChI is InChI=1S/C18H21N5O/c1-10-6-7-14(24-5)11(2)15(10)13-8-12-9-21-18(20-4)23-16(12)22-17(13)19-3/h6-9H,1-5H3,(H2,19,20,21,22,23). The molecule has 0 fully saturated rings. The molecule has 124 valence electrons. The minimum absolute atomic E-state index is 0.554. The highest BCUT2D eigenvalue weighted by molar-refractivity contribution is 5.90. The average molecular weight is 323 g/mol. The van der Waals surface area contributed by atoms with Crippen molar-refractivity contribution in [2.24, 2.45) is 0 Å². The Balaban J connectivity index is 2.30. The molecule has 0 bridgehead atoms.